The van der Waals surface area contributed by atoms with Crippen LogP contribution in [0.5, 0.6) is 0 Å². The number of benzene rings is 1. The first-order chi connectivity index (χ1) is 11.2. The number of hydrazine groups is 2. The molecule has 4 N–H and O–H groups in total. The van der Waals surface area contributed by atoms with E-state index in [-0.39, 0.29) is 23.8 Å². The lowest BCUT2D eigenvalue weighted by atomic mass is 9.82. The van der Waals surface area contributed by atoms with E-state index in [4.69, 9.17) is 5.84 Å². The Morgan fingerprint density at radius 2 is 1.78 bits per heavy atom. The van der Waals surface area contributed by atoms with Crippen LogP contribution >= 0.6 is 0 Å². The normalized spacial score (nSPS) is 34.1. The Morgan fingerprint density at radius 1 is 1.04 bits per heavy atom. The number of fused-ring (bicyclic) bond motifs is 2. The second kappa shape index (κ2) is 5.59. The number of carbonyl (C=O) groups excluding carboxylic acids is 2. The third-order valence-corrected chi connectivity index (χ3v) is 5.09. The molecular formula is C16H21N5O2. The van der Waals surface area contributed by atoms with E-state index in [1.807, 2.05) is 30.3 Å². The molecule has 4 atom stereocenters. The molecule has 2 aliphatic heterocycles. The topological polar surface area (TPSA) is 90.7 Å². The van der Waals surface area contributed by atoms with Gasteiger partial charge in [-0.3, -0.25) is 14.9 Å². The van der Waals surface area contributed by atoms with Crippen LogP contribution in [0.2, 0.25) is 0 Å². The SMILES string of the molecule is NN1C(=O)C(c2ccccc2)NN2C(=O)C3CCCCC3NC12. The van der Waals surface area contributed by atoms with E-state index in [1.54, 1.807) is 0 Å². The van der Waals surface area contributed by atoms with Crippen molar-refractivity contribution in [2.45, 2.75) is 44.1 Å². The summed E-state index contributed by atoms with van der Waals surface area (Å²) in [6.07, 6.45) is 3.39. The minimum absolute atomic E-state index is 0.0299. The Bertz CT molecular complexity index is 622. The molecule has 4 unspecified atom stereocenters. The van der Waals surface area contributed by atoms with Crippen molar-refractivity contribution in [3.63, 3.8) is 0 Å². The molecule has 2 saturated heterocycles. The van der Waals surface area contributed by atoms with E-state index >= 15 is 0 Å². The smallest absolute Gasteiger partial charge is 0.263 e. The van der Waals surface area contributed by atoms with Gasteiger partial charge < -0.3 is 0 Å². The van der Waals surface area contributed by atoms with Gasteiger partial charge in [0.05, 0.1) is 5.92 Å². The van der Waals surface area contributed by atoms with E-state index < -0.39 is 12.3 Å². The van der Waals surface area contributed by atoms with Crippen LogP contribution in [0, 0.1) is 5.92 Å². The number of hydrogen-bond acceptors (Lipinski definition) is 5. The zero-order valence-electron chi connectivity index (χ0n) is 12.8. The second-order valence-electron chi connectivity index (χ2n) is 6.46. The predicted molar refractivity (Wildman–Crippen MR) is 82.9 cm³/mol. The van der Waals surface area contributed by atoms with Crippen LogP contribution in [0.15, 0.2) is 30.3 Å². The summed E-state index contributed by atoms with van der Waals surface area (Å²) in [4.78, 5) is 25.5. The van der Waals surface area contributed by atoms with Gasteiger partial charge in [0.25, 0.3) is 5.91 Å². The maximum atomic E-state index is 12.9. The average Bonchev–Trinajstić information content (AvgIpc) is 2.60. The van der Waals surface area contributed by atoms with E-state index in [9.17, 15) is 9.59 Å². The molecule has 1 aromatic carbocycles. The largest absolute Gasteiger partial charge is 0.274 e. The highest BCUT2D eigenvalue weighted by Gasteiger charge is 2.49. The lowest BCUT2D eigenvalue weighted by molar-refractivity contribution is -0.181. The molecule has 122 valence electrons. The summed E-state index contributed by atoms with van der Waals surface area (Å²) in [7, 11) is 0. The fourth-order valence-electron chi connectivity index (χ4n) is 3.86. The van der Waals surface area contributed by atoms with Gasteiger partial charge in [-0.2, -0.15) is 0 Å². The standard InChI is InChI=1S/C16H21N5O2/c17-20-15(23)13(10-6-2-1-3-7-10)19-21-14(22)11-8-4-5-9-12(11)18-16(20)21/h1-3,6-7,11-13,16,18-19H,4-5,8-9,17H2. The summed E-state index contributed by atoms with van der Waals surface area (Å²) >= 11 is 0. The van der Waals surface area contributed by atoms with Crippen LogP contribution < -0.4 is 16.6 Å². The van der Waals surface area contributed by atoms with Crippen LogP contribution in [0.3, 0.4) is 0 Å². The average molecular weight is 315 g/mol. The number of carbonyl (C=O) groups is 2. The van der Waals surface area contributed by atoms with Crippen LogP contribution in [-0.2, 0) is 9.59 Å². The third-order valence-electron chi connectivity index (χ3n) is 5.09. The van der Waals surface area contributed by atoms with Crippen molar-refractivity contribution in [2.75, 3.05) is 0 Å². The number of nitrogens with one attached hydrogen (secondary N) is 2. The molecule has 1 aromatic rings. The second-order valence-corrected chi connectivity index (χ2v) is 6.46. The molecule has 7 nitrogen and oxygen atoms in total. The first-order valence-electron chi connectivity index (χ1n) is 8.15. The van der Waals surface area contributed by atoms with Gasteiger partial charge >= 0.3 is 0 Å². The summed E-state index contributed by atoms with van der Waals surface area (Å²) < 4.78 is 0. The van der Waals surface area contributed by atoms with Gasteiger partial charge in [-0.15, -0.1) is 0 Å². The highest BCUT2D eigenvalue weighted by molar-refractivity contribution is 5.87. The summed E-state index contributed by atoms with van der Waals surface area (Å²) in [6.45, 7) is 0. The van der Waals surface area contributed by atoms with Gasteiger partial charge in [-0.05, 0) is 18.4 Å². The summed E-state index contributed by atoms with van der Waals surface area (Å²) in [5.74, 6) is 5.78. The summed E-state index contributed by atoms with van der Waals surface area (Å²) in [5.41, 5.74) is 3.88. The minimum atomic E-state index is -0.636. The van der Waals surface area contributed by atoms with E-state index in [1.165, 1.54) is 5.01 Å². The number of nitrogens with two attached hydrogens (primary N) is 1. The number of nitrogens with zero attached hydrogens (tertiary/aromatic N) is 2. The molecule has 0 bridgehead atoms. The van der Waals surface area contributed by atoms with Crippen LogP contribution in [0.4, 0.5) is 0 Å². The van der Waals surface area contributed by atoms with Crippen molar-refractivity contribution in [3.05, 3.63) is 35.9 Å². The van der Waals surface area contributed by atoms with Crippen molar-refractivity contribution in [3.8, 4) is 0 Å². The van der Waals surface area contributed by atoms with Gasteiger partial charge in [0.2, 0.25) is 5.91 Å². The van der Waals surface area contributed by atoms with Gasteiger partial charge in [0.1, 0.15) is 6.04 Å². The quantitative estimate of drug-likeness (QED) is 0.509. The Labute approximate surface area is 134 Å². The molecular weight excluding hydrogens is 294 g/mol. The Balaban J connectivity index is 1.64. The number of amides is 2. The lowest BCUT2D eigenvalue weighted by Crippen LogP contribution is -2.78. The van der Waals surface area contributed by atoms with Crippen LogP contribution in [-0.4, -0.2) is 34.2 Å². The molecule has 2 heterocycles. The molecule has 4 rings (SSSR count). The maximum Gasteiger partial charge on any atom is 0.263 e. The molecule has 1 saturated carbocycles. The van der Waals surface area contributed by atoms with E-state index in [0.29, 0.717) is 0 Å². The highest BCUT2D eigenvalue weighted by Crippen LogP contribution is 2.33. The van der Waals surface area contributed by atoms with E-state index in [2.05, 4.69) is 10.7 Å². The lowest BCUT2D eigenvalue weighted by Gasteiger charge is -2.52. The van der Waals surface area contributed by atoms with Gasteiger partial charge in [0.15, 0.2) is 6.29 Å². The molecule has 2 amide bonds. The number of rotatable bonds is 1. The molecule has 3 aliphatic rings. The van der Waals surface area contributed by atoms with Gasteiger partial charge in [0, 0.05) is 6.04 Å². The molecule has 0 radical (unpaired) electrons. The van der Waals surface area contributed by atoms with Crippen LogP contribution in [0.1, 0.15) is 37.3 Å². The zero-order chi connectivity index (χ0) is 16.0. The van der Waals surface area contributed by atoms with Crippen molar-refractivity contribution < 1.29 is 9.59 Å². The first-order valence-corrected chi connectivity index (χ1v) is 8.15. The molecule has 3 fully saturated rings. The third kappa shape index (κ3) is 2.32. The monoisotopic (exact) mass is 315 g/mol. The maximum absolute atomic E-state index is 12.9. The molecule has 7 heteroatoms. The van der Waals surface area contributed by atoms with Crippen molar-refractivity contribution in [1.29, 1.82) is 0 Å². The minimum Gasteiger partial charge on any atom is -0.274 e. The molecule has 23 heavy (non-hydrogen) atoms. The zero-order valence-corrected chi connectivity index (χ0v) is 12.8. The van der Waals surface area contributed by atoms with Crippen molar-refractivity contribution >= 4 is 11.8 Å². The Hall–Kier alpha value is -1.96. The number of hydrogen-bond donors (Lipinski definition) is 3. The Kier molecular flexibility index (Phi) is 3.56. The Morgan fingerprint density at radius 3 is 2.57 bits per heavy atom. The molecule has 0 spiro atoms. The molecule has 1 aliphatic carbocycles. The highest BCUT2D eigenvalue weighted by atomic mass is 16.2. The first kappa shape index (κ1) is 14.6. The van der Waals surface area contributed by atoms with Gasteiger partial charge in [-0.1, -0.05) is 43.2 Å². The van der Waals surface area contributed by atoms with E-state index in [0.717, 1.165) is 36.3 Å². The van der Waals surface area contributed by atoms with Crippen molar-refractivity contribution in [1.82, 2.24) is 20.8 Å². The van der Waals surface area contributed by atoms with Crippen LogP contribution in [0.25, 0.3) is 0 Å². The van der Waals surface area contributed by atoms with Crippen molar-refractivity contribution in [2.24, 2.45) is 11.8 Å². The fraction of sp³-hybridized carbons (Fsp3) is 0.500. The predicted octanol–water partition coefficient (Wildman–Crippen LogP) is 0.222. The molecule has 0 aromatic heterocycles. The summed E-state index contributed by atoms with van der Waals surface area (Å²) in [5, 5.41) is 6.02. The fourth-order valence-corrected chi connectivity index (χ4v) is 3.86. The summed E-state index contributed by atoms with van der Waals surface area (Å²) in [6, 6.07) is 8.80. The van der Waals surface area contributed by atoms with Gasteiger partial charge in [-0.25, -0.2) is 21.3 Å².